The first-order valence-corrected chi connectivity index (χ1v) is 7.35. The normalized spacial score (nSPS) is 15.5. The van der Waals surface area contributed by atoms with Gasteiger partial charge >= 0.3 is 12.1 Å². The van der Waals surface area contributed by atoms with Gasteiger partial charge in [0.15, 0.2) is 0 Å². The Morgan fingerprint density at radius 3 is 2.29 bits per heavy atom. The SMILES string of the molecule is CC.O=C(NC1(C(=O)O)CCCC1)OCc1ccccc1. The van der Waals surface area contributed by atoms with E-state index in [1.807, 2.05) is 44.2 Å². The van der Waals surface area contributed by atoms with Crippen molar-refractivity contribution >= 4 is 12.1 Å². The highest BCUT2D eigenvalue weighted by molar-refractivity contribution is 5.84. The first kappa shape index (κ1) is 17.0. The van der Waals surface area contributed by atoms with Gasteiger partial charge in [-0.1, -0.05) is 57.0 Å². The lowest BCUT2D eigenvalue weighted by atomic mass is 9.98. The number of alkyl carbamates (subject to hydrolysis) is 1. The predicted octanol–water partition coefficient (Wildman–Crippen LogP) is 3.34. The van der Waals surface area contributed by atoms with Crippen LogP contribution in [0.5, 0.6) is 0 Å². The van der Waals surface area contributed by atoms with Gasteiger partial charge in [0.05, 0.1) is 0 Å². The number of benzene rings is 1. The number of carbonyl (C=O) groups is 2. The van der Waals surface area contributed by atoms with Crippen molar-refractivity contribution < 1.29 is 19.4 Å². The fourth-order valence-corrected chi connectivity index (χ4v) is 2.33. The molecule has 0 saturated heterocycles. The monoisotopic (exact) mass is 293 g/mol. The number of carboxylic acid groups (broad SMARTS) is 1. The minimum absolute atomic E-state index is 0.141. The molecule has 21 heavy (non-hydrogen) atoms. The molecule has 0 spiro atoms. The molecule has 1 aliphatic carbocycles. The maximum absolute atomic E-state index is 11.7. The summed E-state index contributed by atoms with van der Waals surface area (Å²) < 4.78 is 5.05. The lowest BCUT2D eigenvalue weighted by Gasteiger charge is -2.24. The molecule has 2 N–H and O–H groups in total. The summed E-state index contributed by atoms with van der Waals surface area (Å²) in [6.07, 6.45) is 1.87. The summed E-state index contributed by atoms with van der Waals surface area (Å²) in [5.74, 6) is -0.985. The molecule has 0 atom stereocenters. The van der Waals surface area contributed by atoms with Crippen molar-refractivity contribution in [2.24, 2.45) is 0 Å². The summed E-state index contributed by atoms with van der Waals surface area (Å²) in [5, 5.41) is 11.7. The first-order chi connectivity index (χ1) is 10.1. The zero-order valence-corrected chi connectivity index (χ0v) is 12.6. The average molecular weight is 293 g/mol. The van der Waals surface area contributed by atoms with Gasteiger partial charge in [-0.05, 0) is 18.4 Å². The van der Waals surface area contributed by atoms with Crippen LogP contribution in [0, 0.1) is 0 Å². The highest BCUT2D eigenvalue weighted by Crippen LogP contribution is 2.30. The number of nitrogens with one attached hydrogen (secondary N) is 1. The molecule has 1 aromatic rings. The quantitative estimate of drug-likeness (QED) is 0.892. The largest absolute Gasteiger partial charge is 0.480 e. The van der Waals surface area contributed by atoms with Crippen molar-refractivity contribution in [2.75, 3.05) is 0 Å². The van der Waals surface area contributed by atoms with E-state index >= 15 is 0 Å². The van der Waals surface area contributed by atoms with Crippen LogP contribution in [0.15, 0.2) is 30.3 Å². The summed E-state index contributed by atoms with van der Waals surface area (Å²) >= 11 is 0. The summed E-state index contributed by atoms with van der Waals surface area (Å²) in [5.41, 5.74) is -0.276. The van der Waals surface area contributed by atoms with Crippen molar-refractivity contribution in [1.29, 1.82) is 0 Å². The van der Waals surface area contributed by atoms with E-state index in [-0.39, 0.29) is 6.61 Å². The zero-order chi connectivity index (χ0) is 15.7. The molecule has 1 amide bonds. The third kappa shape index (κ3) is 4.77. The minimum Gasteiger partial charge on any atom is -0.480 e. The van der Waals surface area contributed by atoms with Crippen molar-refractivity contribution in [2.45, 2.75) is 51.7 Å². The molecule has 0 unspecified atom stereocenters. The van der Waals surface area contributed by atoms with E-state index in [9.17, 15) is 14.7 Å². The smallest absolute Gasteiger partial charge is 0.408 e. The van der Waals surface area contributed by atoms with Gasteiger partial charge in [-0.15, -0.1) is 0 Å². The van der Waals surface area contributed by atoms with Gasteiger partial charge in [0.1, 0.15) is 12.1 Å². The molecule has 1 aliphatic rings. The maximum Gasteiger partial charge on any atom is 0.408 e. The molecule has 2 rings (SSSR count). The molecule has 0 bridgehead atoms. The lowest BCUT2D eigenvalue weighted by Crippen LogP contribution is -2.52. The zero-order valence-electron chi connectivity index (χ0n) is 12.6. The third-order valence-corrected chi connectivity index (χ3v) is 3.42. The van der Waals surface area contributed by atoms with Gasteiger partial charge < -0.3 is 15.2 Å². The molecule has 1 saturated carbocycles. The number of amides is 1. The molecular weight excluding hydrogens is 270 g/mol. The molecule has 0 aromatic heterocycles. The summed E-state index contributed by atoms with van der Waals surface area (Å²) in [6.45, 7) is 4.14. The Morgan fingerprint density at radius 1 is 1.19 bits per heavy atom. The summed E-state index contributed by atoms with van der Waals surface area (Å²) in [6, 6.07) is 9.27. The fourth-order valence-electron chi connectivity index (χ4n) is 2.33. The van der Waals surface area contributed by atoms with Crippen LogP contribution in [0.4, 0.5) is 4.79 Å². The average Bonchev–Trinajstić information content (AvgIpc) is 2.98. The van der Waals surface area contributed by atoms with Gasteiger partial charge in [-0.2, -0.15) is 0 Å². The van der Waals surface area contributed by atoms with Crippen molar-refractivity contribution in [3.63, 3.8) is 0 Å². The van der Waals surface area contributed by atoms with Gasteiger partial charge in [0.2, 0.25) is 0 Å². The van der Waals surface area contributed by atoms with Crippen LogP contribution in [0.3, 0.4) is 0 Å². The van der Waals surface area contributed by atoms with E-state index in [1.54, 1.807) is 0 Å². The standard InChI is InChI=1S/C14H17NO4.C2H6/c16-12(17)14(8-4-5-9-14)15-13(18)19-10-11-6-2-1-3-7-11;1-2/h1-3,6-7H,4-5,8-10H2,(H,15,18)(H,16,17);1-2H3. The van der Waals surface area contributed by atoms with Crippen LogP contribution in [0.1, 0.15) is 45.1 Å². The predicted molar refractivity (Wildman–Crippen MR) is 79.9 cm³/mol. The maximum atomic E-state index is 11.7. The number of aliphatic carboxylic acids is 1. The van der Waals surface area contributed by atoms with Crippen molar-refractivity contribution in [3.8, 4) is 0 Å². The Kier molecular flexibility index (Phi) is 6.72. The van der Waals surface area contributed by atoms with E-state index < -0.39 is 17.6 Å². The second kappa shape index (κ2) is 8.29. The molecule has 0 aliphatic heterocycles. The highest BCUT2D eigenvalue weighted by Gasteiger charge is 2.43. The molecule has 5 heteroatoms. The van der Waals surface area contributed by atoms with Crippen molar-refractivity contribution in [1.82, 2.24) is 5.32 Å². The van der Waals surface area contributed by atoms with E-state index in [1.165, 1.54) is 0 Å². The van der Waals surface area contributed by atoms with Crippen LogP contribution in [0.25, 0.3) is 0 Å². The Labute approximate surface area is 125 Å². The molecule has 1 aromatic carbocycles. The summed E-state index contributed by atoms with van der Waals surface area (Å²) in [7, 11) is 0. The lowest BCUT2D eigenvalue weighted by molar-refractivity contribution is -0.144. The van der Waals surface area contributed by atoms with Gasteiger partial charge in [0, 0.05) is 0 Å². The molecule has 0 radical (unpaired) electrons. The van der Waals surface area contributed by atoms with Gasteiger partial charge in [-0.25, -0.2) is 9.59 Å². The van der Waals surface area contributed by atoms with Gasteiger partial charge in [0.25, 0.3) is 0 Å². The Bertz CT molecular complexity index is 453. The fraction of sp³-hybridized carbons (Fsp3) is 0.500. The molecule has 5 nitrogen and oxygen atoms in total. The Hall–Kier alpha value is -2.04. The van der Waals surface area contributed by atoms with E-state index in [4.69, 9.17) is 4.74 Å². The number of hydrogen-bond acceptors (Lipinski definition) is 3. The number of ether oxygens (including phenoxy) is 1. The van der Waals surface area contributed by atoms with Crippen LogP contribution >= 0.6 is 0 Å². The number of carbonyl (C=O) groups excluding carboxylic acids is 1. The van der Waals surface area contributed by atoms with Crippen LogP contribution in [-0.2, 0) is 16.1 Å². The first-order valence-electron chi connectivity index (χ1n) is 7.35. The number of rotatable bonds is 4. The Balaban J connectivity index is 0.00000106. The molecule has 116 valence electrons. The Morgan fingerprint density at radius 2 is 1.76 bits per heavy atom. The molecule has 0 heterocycles. The highest BCUT2D eigenvalue weighted by atomic mass is 16.5. The molecule has 1 fully saturated rings. The third-order valence-electron chi connectivity index (χ3n) is 3.42. The topological polar surface area (TPSA) is 75.6 Å². The number of hydrogen-bond donors (Lipinski definition) is 2. The van der Waals surface area contributed by atoms with Crippen LogP contribution in [-0.4, -0.2) is 22.7 Å². The van der Waals surface area contributed by atoms with Gasteiger partial charge in [-0.3, -0.25) is 0 Å². The second-order valence-electron chi connectivity index (χ2n) is 4.78. The minimum atomic E-state index is -1.15. The number of carboxylic acids is 1. The van der Waals surface area contributed by atoms with Crippen molar-refractivity contribution in [3.05, 3.63) is 35.9 Å². The molecular formula is C16H23NO4. The second-order valence-corrected chi connectivity index (χ2v) is 4.78. The van der Waals surface area contributed by atoms with E-state index in [2.05, 4.69) is 5.32 Å². The van der Waals surface area contributed by atoms with Crippen LogP contribution in [0.2, 0.25) is 0 Å². The van der Waals surface area contributed by atoms with E-state index in [0.717, 1.165) is 18.4 Å². The summed E-state index contributed by atoms with van der Waals surface area (Å²) in [4.78, 5) is 22.9. The van der Waals surface area contributed by atoms with E-state index in [0.29, 0.717) is 12.8 Å². The van der Waals surface area contributed by atoms with Crippen LogP contribution < -0.4 is 5.32 Å².